The molecule has 0 bridgehead atoms. The standard InChI is InChI=1S/C16H23BrN2O.ClH/c1-2-11-19(15-7-9-18-10-8-15)16(20)12-13-3-5-14(17)6-4-13;/h3-6,15,18H,2,7-12H2,1H3;1H. The second kappa shape index (κ2) is 9.44. The van der Waals surface area contributed by atoms with Gasteiger partial charge in [0, 0.05) is 17.1 Å². The highest BCUT2D eigenvalue weighted by Crippen LogP contribution is 2.16. The van der Waals surface area contributed by atoms with Crippen molar-refractivity contribution in [2.75, 3.05) is 19.6 Å². The number of carbonyl (C=O) groups is 1. The van der Waals surface area contributed by atoms with E-state index in [2.05, 4.69) is 33.1 Å². The van der Waals surface area contributed by atoms with Crippen LogP contribution in [0.1, 0.15) is 31.7 Å². The van der Waals surface area contributed by atoms with Crippen LogP contribution in [0.15, 0.2) is 28.7 Å². The lowest BCUT2D eigenvalue weighted by Gasteiger charge is -2.34. The van der Waals surface area contributed by atoms with Gasteiger partial charge in [-0.25, -0.2) is 0 Å². The fourth-order valence-electron chi connectivity index (χ4n) is 2.75. The minimum Gasteiger partial charge on any atom is -0.339 e. The number of nitrogens with zero attached hydrogens (tertiary/aromatic N) is 1. The molecule has 21 heavy (non-hydrogen) atoms. The van der Waals surface area contributed by atoms with E-state index in [1.807, 2.05) is 24.3 Å². The SMILES string of the molecule is CCCN(C(=O)Cc1ccc(Br)cc1)C1CCNCC1.Cl. The van der Waals surface area contributed by atoms with Crippen LogP contribution in [0.2, 0.25) is 0 Å². The second-order valence-corrected chi connectivity index (χ2v) is 6.29. The normalized spacial score (nSPS) is 15.3. The van der Waals surface area contributed by atoms with Crippen LogP contribution < -0.4 is 5.32 Å². The molecule has 1 aromatic rings. The largest absolute Gasteiger partial charge is 0.339 e. The molecule has 1 heterocycles. The molecule has 0 aliphatic carbocycles. The highest BCUT2D eigenvalue weighted by Gasteiger charge is 2.24. The molecule has 118 valence electrons. The number of hydrogen-bond acceptors (Lipinski definition) is 2. The lowest BCUT2D eigenvalue weighted by Crippen LogP contribution is -2.47. The average molecular weight is 376 g/mol. The van der Waals surface area contributed by atoms with Crippen LogP contribution in [0.5, 0.6) is 0 Å². The Labute approximate surface area is 142 Å². The fourth-order valence-corrected chi connectivity index (χ4v) is 3.01. The number of piperidine rings is 1. The number of rotatable bonds is 5. The zero-order valence-corrected chi connectivity index (χ0v) is 14.9. The third kappa shape index (κ3) is 5.61. The molecular formula is C16H24BrClN2O. The predicted molar refractivity (Wildman–Crippen MR) is 93.0 cm³/mol. The Kier molecular flexibility index (Phi) is 8.30. The maximum Gasteiger partial charge on any atom is 0.227 e. The molecule has 0 spiro atoms. The zero-order valence-electron chi connectivity index (χ0n) is 12.5. The van der Waals surface area contributed by atoms with Crippen LogP contribution in [-0.4, -0.2) is 36.5 Å². The van der Waals surface area contributed by atoms with E-state index < -0.39 is 0 Å². The Morgan fingerprint density at radius 2 is 1.90 bits per heavy atom. The lowest BCUT2D eigenvalue weighted by molar-refractivity contribution is -0.133. The average Bonchev–Trinajstić information content (AvgIpc) is 2.48. The van der Waals surface area contributed by atoms with Crippen molar-refractivity contribution in [2.24, 2.45) is 0 Å². The Bertz CT molecular complexity index is 432. The number of halogens is 2. The van der Waals surface area contributed by atoms with Gasteiger partial charge in [0.15, 0.2) is 0 Å². The van der Waals surface area contributed by atoms with E-state index in [1.54, 1.807) is 0 Å². The number of nitrogens with one attached hydrogen (secondary N) is 1. The number of benzene rings is 1. The van der Waals surface area contributed by atoms with Crippen molar-refractivity contribution in [2.45, 2.75) is 38.6 Å². The molecule has 1 saturated heterocycles. The molecule has 5 heteroatoms. The molecule has 0 saturated carbocycles. The minimum absolute atomic E-state index is 0. The van der Waals surface area contributed by atoms with Gasteiger partial charge in [0.1, 0.15) is 0 Å². The molecule has 1 aromatic carbocycles. The highest BCUT2D eigenvalue weighted by atomic mass is 79.9. The Balaban J connectivity index is 0.00000220. The minimum atomic E-state index is 0. The van der Waals surface area contributed by atoms with Crippen LogP contribution in [-0.2, 0) is 11.2 Å². The Morgan fingerprint density at radius 3 is 2.48 bits per heavy atom. The molecule has 1 fully saturated rings. The summed E-state index contributed by atoms with van der Waals surface area (Å²) < 4.78 is 1.05. The number of amides is 1. The van der Waals surface area contributed by atoms with Gasteiger partial charge in [0.25, 0.3) is 0 Å². The van der Waals surface area contributed by atoms with Crippen molar-refractivity contribution in [1.82, 2.24) is 10.2 Å². The van der Waals surface area contributed by atoms with Crippen molar-refractivity contribution < 1.29 is 4.79 Å². The van der Waals surface area contributed by atoms with Crippen molar-refractivity contribution in [3.8, 4) is 0 Å². The first-order chi connectivity index (χ1) is 9.70. The van der Waals surface area contributed by atoms with Gasteiger partial charge in [-0.1, -0.05) is 35.0 Å². The summed E-state index contributed by atoms with van der Waals surface area (Å²) >= 11 is 3.43. The molecule has 0 aromatic heterocycles. The second-order valence-electron chi connectivity index (χ2n) is 5.37. The number of carbonyl (C=O) groups excluding carboxylic acids is 1. The predicted octanol–water partition coefficient (Wildman–Crippen LogP) is 3.40. The maximum atomic E-state index is 12.6. The summed E-state index contributed by atoms with van der Waals surface area (Å²) in [6, 6.07) is 8.46. The molecular weight excluding hydrogens is 352 g/mol. The number of hydrogen-bond donors (Lipinski definition) is 1. The molecule has 2 rings (SSSR count). The van der Waals surface area contributed by atoms with Crippen LogP contribution in [0.3, 0.4) is 0 Å². The van der Waals surface area contributed by atoms with E-state index in [-0.39, 0.29) is 18.3 Å². The van der Waals surface area contributed by atoms with E-state index in [1.165, 1.54) is 0 Å². The smallest absolute Gasteiger partial charge is 0.227 e. The first-order valence-electron chi connectivity index (χ1n) is 7.45. The van der Waals surface area contributed by atoms with Gasteiger partial charge in [-0.15, -0.1) is 12.4 Å². The summed E-state index contributed by atoms with van der Waals surface area (Å²) in [4.78, 5) is 14.7. The summed E-state index contributed by atoms with van der Waals surface area (Å²) in [5.74, 6) is 0.265. The van der Waals surface area contributed by atoms with Crippen LogP contribution in [0.25, 0.3) is 0 Å². The zero-order chi connectivity index (χ0) is 14.4. The molecule has 1 aliphatic heterocycles. The first kappa shape index (κ1) is 18.5. The summed E-state index contributed by atoms with van der Waals surface area (Å²) in [5.41, 5.74) is 1.09. The van der Waals surface area contributed by atoms with Crippen LogP contribution in [0, 0.1) is 0 Å². The first-order valence-corrected chi connectivity index (χ1v) is 8.24. The molecule has 0 unspecified atom stereocenters. The summed E-state index contributed by atoms with van der Waals surface area (Å²) in [6.45, 7) is 5.06. The van der Waals surface area contributed by atoms with E-state index in [9.17, 15) is 4.79 Å². The van der Waals surface area contributed by atoms with Gasteiger partial charge in [-0.05, 0) is 50.0 Å². The third-order valence-electron chi connectivity index (χ3n) is 3.80. The topological polar surface area (TPSA) is 32.3 Å². The monoisotopic (exact) mass is 374 g/mol. The summed E-state index contributed by atoms with van der Waals surface area (Å²) in [7, 11) is 0. The van der Waals surface area contributed by atoms with Crippen molar-refractivity contribution in [3.05, 3.63) is 34.3 Å². The van der Waals surface area contributed by atoms with Gasteiger partial charge in [0.05, 0.1) is 6.42 Å². The van der Waals surface area contributed by atoms with E-state index in [4.69, 9.17) is 0 Å². The van der Waals surface area contributed by atoms with E-state index in [0.717, 1.165) is 48.9 Å². The van der Waals surface area contributed by atoms with Gasteiger partial charge in [-0.2, -0.15) is 0 Å². The van der Waals surface area contributed by atoms with Gasteiger partial charge < -0.3 is 10.2 Å². The molecule has 0 radical (unpaired) electrons. The van der Waals surface area contributed by atoms with Crippen LogP contribution in [0.4, 0.5) is 0 Å². The highest BCUT2D eigenvalue weighted by molar-refractivity contribution is 9.10. The third-order valence-corrected chi connectivity index (χ3v) is 4.33. The molecule has 3 nitrogen and oxygen atoms in total. The molecule has 1 aliphatic rings. The van der Waals surface area contributed by atoms with Gasteiger partial charge in [0.2, 0.25) is 5.91 Å². The van der Waals surface area contributed by atoms with E-state index >= 15 is 0 Å². The fraction of sp³-hybridized carbons (Fsp3) is 0.562. The summed E-state index contributed by atoms with van der Waals surface area (Å²) in [6.07, 6.45) is 3.69. The quantitative estimate of drug-likeness (QED) is 0.855. The summed E-state index contributed by atoms with van der Waals surface area (Å²) in [5, 5.41) is 3.36. The Morgan fingerprint density at radius 1 is 1.29 bits per heavy atom. The lowest BCUT2D eigenvalue weighted by atomic mass is 10.0. The molecule has 1 N–H and O–H groups in total. The maximum absolute atomic E-state index is 12.6. The van der Waals surface area contributed by atoms with E-state index in [0.29, 0.717) is 12.5 Å². The molecule has 1 amide bonds. The Hall–Kier alpha value is -0.580. The van der Waals surface area contributed by atoms with Crippen molar-refractivity contribution in [1.29, 1.82) is 0 Å². The van der Waals surface area contributed by atoms with Crippen molar-refractivity contribution >= 4 is 34.2 Å². The molecule has 0 atom stereocenters. The van der Waals surface area contributed by atoms with Gasteiger partial charge in [-0.3, -0.25) is 4.79 Å². The van der Waals surface area contributed by atoms with Gasteiger partial charge >= 0.3 is 0 Å². The van der Waals surface area contributed by atoms with Crippen molar-refractivity contribution in [3.63, 3.8) is 0 Å². The van der Waals surface area contributed by atoms with Crippen LogP contribution >= 0.6 is 28.3 Å².